The van der Waals surface area contributed by atoms with Gasteiger partial charge in [-0.25, -0.2) is 9.37 Å². The van der Waals surface area contributed by atoms with Crippen molar-refractivity contribution in [1.29, 1.82) is 0 Å². The summed E-state index contributed by atoms with van der Waals surface area (Å²) < 4.78 is 21.1. The van der Waals surface area contributed by atoms with E-state index in [4.69, 9.17) is 4.74 Å². The van der Waals surface area contributed by atoms with E-state index < -0.39 is 0 Å². The van der Waals surface area contributed by atoms with Gasteiger partial charge in [-0.15, -0.1) is 11.8 Å². The third-order valence-corrected chi connectivity index (χ3v) is 5.43. The van der Waals surface area contributed by atoms with Crippen molar-refractivity contribution >= 4 is 34.2 Å². The first-order valence-corrected chi connectivity index (χ1v) is 10.2. The summed E-state index contributed by atoms with van der Waals surface area (Å²) in [4.78, 5) is 17.9. The fraction of sp³-hybridized carbons (Fsp3) is 0.182. The van der Waals surface area contributed by atoms with Crippen molar-refractivity contribution in [1.82, 2.24) is 9.38 Å². The third-order valence-electron chi connectivity index (χ3n) is 4.69. The van der Waals surface area contributed by atoms with E-state index in [-0.39, 0.29) is 18.2 Å². The molecule has 0 bridgehead atoms. The zero-order valence-electron chi connectivity index (χ0n) is 15.6. The van der Waals surface area contributed by atoms with Crippen LogP contribution in [0.4, 0.5) is 4.39 Å². The van der Waals surface area contributed by atoms with Gasteiger partial charge in [-0.2, -0.15) is 0 Å². The lowest BCUT2D eigenvalue weighted by atomic mass is 10.1. The smallest absolute Gasteiger partial charge is 0.310 e. The third kappa shape index (κ3) is 3.24. The number of rotatable bonds is 5. The molecule has 4 rings (SSSR count). The zero-order valence-corrected chi connectivity index (χ0v) is 16.4. The molecule has 0 spiro atoms. The lowest BCUT2D eigenvalue weighted by Gasteiger charge is -2.08. The van der Waals surface area contributed by atoms with E-state index in [0.717, 1.165) is 28.0 Å². The molecule has 0 saturated heterocycles. The minimum absolute atomic E-state index is 0.0825. The van der Waals surface area contributed by atoms with Crippen molar-refractivity contribution in [3.63, 3.8) is 0 Å². The molecule has 6 heteroatoms. The Balaban J connectivity index is 1.98. The van der Waals surface area contributed by atoms with E-state index in [0.29, 0.717) is 12.0 Å². The van der Waals surface area contributed by atoms with Gasteiger partial charge in [0.25, 0.3) is 0 Å². The number of esters is 1. The van der Waals surface area contributed by atoms with E-state index in [2.05, 4.69) is 4.98 Å². The second kappa shape index (κ2) is 7.64. The van der Waals surface area contributed by atoms with Gasteiger partial charge in [0.2, 0.25) is 0 Å². The van der Waals surface area contributed by atoms with Gasteiger partial charge in [0, 0.05) is 22.0 Å². The summed E-state index contributed by atoms with van der Waals surface area (Å²) in [5.41, 5.74) is 3.34. The Morgan fingerprint density at radius 1 is 1.14 bits per heavy atom. The molecular weight excluding hydrogens is 375 g/mol. The summed E-state index contributed by atoms with van der Waals surface area (Å²) in [6.45, 7) is 2.08. The molecule has 0 aliphatic heterocycles. The number of carbonyl (C=O) groups excluding carboxylic acids is 1. The van der Waals surface area contributed by atoms with E-state index in [1.807, 2.05) is 41.0 Å². The van der Waals surface area contributed by atoms with Crippen LogP contribution < -0.4 is 0 Å². The molecule has 2 aromatic heterocycles. The molecular formula is C22H19FN2O2S. The summed E-state index contributed by atoms with van der Waals surface area (Å²) in [6, 6.07) is 14.6. The minimum Gasteiger partial charge on any atom is -0.466 e. The van der Waals surface area contributed by atoms with Crippen molar-refractivity contribution in [3.05, 3.63) is 66.1 Å². The van der Waals surface area contributed by atoms with E-state index in [1.54, 1.807) is 30.9 Å². The molecule has 0 aliphatic rings. The second-order valence-corrected chi connectivity index (χ2v) is 7.22. The molecule has 0 fully saturated rings. The van der Waals surface area contributed by atoms with Crippen molar-refractivity contribution in [3.8, 4) is 11.4 Å². The first-order chi connectivity index (χ1) is 13.6. The standard InChI is InChI=1S/C22H19FN2O2S/c1-3-27-21(26)13-18-17-12-15(23)6-9-19(17)25-20(18)10-11-24-22(25)14-4-7-16(28-2)8-5-14/h4-12H,3,13H2,1-2H3. The van der Waals surface area contributed by atoms with E-state index in [9.17, 15) is 9.18 Å². The topological polar surface area (TPSA) is 43.6 Å². The molecule has 2 heterocycles. The average molecular weight is 394 g/mol. The highest BCUT2D eigenvalue weighted by Crippen LogP contribution is 2.32. The van der Waals surface area contributed by atoms with Gasteiger partial charge < -0.3 is 4.74 Å². The molecule has 0 aliphatic carbocycles. The lowest BCUT2D eigenvalue weighted by Crippen LogP contribution is -2.07. The molecule has 28 heavy (non-hydrogen) atoms. The Morgan fingerprint density at radius 3 is 2.64 bits per heavy atom. The van der Waals surface area contributed by atoms with Crippen LogP contribution in [-0.2, 0) is 16.0 Å². The number of carbonyl (C=O) groups is 1. The number of thioether (sulfide) groups is 1. The number of hydrogen-bond acceptors (Lipinski definition) is 4. The Kier molecular flexibility index (Phi) is 5.05. The molecule has 142 valence electrons. The number of aromatic nitrogens is 2. The first-order valence-electron chi connectivity index (χ1n) is 9.00. The van der Waals surface area contributed by atoms with Crippen LogP contribution in [0.2, 0.25) is 0 Å². The summed E-state index contributed by atoms with van der Waals surface area (Å²) in [5.74, 6) is 0.0769. The predicted octanol–water partition coefficient (Wildman–Crippen LogP) is 5.12. The summed E-state index contributed by atoms with van der Waals surface area (Å²) in [6.07, 6.45) is 3.83. The highest BCUT2D eigenvalue weighted by molar-refractivity contribution is 7.98. The molecule has 0 atom stereocenters. The first kappa shape index (κ1) is 18.5. The van der Waals surface area contributed by atoms with Gasteiger partial charge in [-0.05, 0) is 55.1 Å². The van der Waals surface area contributed by atoms with Crippen molar-refractivity contribution in [2.75, 3.05) is 12.9 Å². The second-order valence-electron chi connectivity index (χ2n) is 6.34. The fourth-order valence-electron chi connectivity index (χ4n) is 3.47. The minimum atomic E-state index is -0.340. The van der Waals surface area contributed by atoms with Crippen LogP contribution in [0.25, 0.3) is 27.8 Å². The molecule has 4 aromatic rings. The van der Waals surface area contributed by atoms with Crippen molar-refractivity contribution in [2.45, 2.75) is 18.2 Å². The molecule has 4 nitrogen and oxygen atoms in total. The molecule has 2 aromatic carbocycles. The van der Waals surface area contributed by atoms with E-state index >= 15 is 0 Å². The maximum atomic E-state index is 14.0. The number of fused-ring (bicyclic) bond motifs is 3. The molecule has 0 unspecified atom stereocenters. The van der Waals surface area contributed by atoms with Gasteiger partial charge in [-0.3, -0.25) is 9.20 Å². The van der Waals surface area contributed by atoms with Gasteiger partial charge >= 0.3 is 5.97 Å². The SMILES string of the molecule is CCOC(=O)Cc1c2cc(F)ccc2n2c(-c3ccc(SC)cc3)nccc12. The Morgan fingerprint density at radius 2 is 1.93 bits per heavy atom. The van der Waals surface area contributed by atoms with Crippen LogP contribution >= 0.6 is 11.8 Å². The van der Waals surface area contributed by atoms with Gasteiger partial charge in [0.1, 0.15) is 11.6 Å². The van der Waals surface area contributed by atoms with E-state index in [1.165, 1.54) is 17.0 Å². The Bertz CT molecular complexity index is 1170. The quantitative estimate of drug-likeness (QED) is 0.348. The number of benzene rings is 2. The van der Waals surface area contributed by atoms with Crippen LogP contribution in [-0.4, -0.2) is 28.2 Å². The normalized spacial score (nSPS) is 11.2. The van der Waals surface area contributed by atoms with Crippen LogP contribution in [0.5, 0.6) is 0 Å². The molecule has 0 amide bonds. The molecule has 0 radical (unpaired) electrons. The largest absolute Gasteiger partial charge is 0.466 e. The Labute approximate surface area is 166 Å². The van der Waals surface area contributed by atoms with Crippen LogP contribution in [0.15, 0.2) is 59.6 Å². The number of nitrogens with zero attached hydrogens (tertiary/aromatic N) is 2. The maximum Gasteiger partial charge on any atom is 0.310 e. The lowest BCUT2D eigenvalue weighted by molar-refractivity contribution is -0.142. The number of hydrogen-bond donors (Lipinski definition) is 0. The maximum absolute atomic E-state index is 14.0. The average Bonchev–Trinajstić information content (AvgIpc) is 3.01. The Hall–Kier alpha value is -2.86. The van der Waals surface area contributed by atoms with Crippen LogP contribution in [0.1, 0.15) is 12.5 Å². The van der Waals surface area contributed by atoms with Gasteiger partial charge in [-0.1, -0.05) is 12.1 Å². The van der Waals surface area contributed by atoms with Gasteiger partial charge in [0.15, 0.2) is 0 Å². The number of halogens is 1. The van der Waals surface area contributed by atoms with Crippen LogP contribution in [0, 0.1) is 5.82 Å². The summed E-state index contributed by atoms with van der Waals surface area (Å²) >= 11 is 1.68. The summed E-state index contributed by atoms with van der Waals surface area (Å²) in [7, 11) is 0. The fourth-order valence-corrected chi connectivity index (χ4v) is 3.88. The predicted molar refractivity (Wildman–Crippen MR) is 110 cm³/mol. The monoisotopic (exact) mass is 394 g/mol. The molecule has 0 N–H and O–H groups in total. The van der Waals surface area contributed by atoms with Crippen molar-refractivity contribution in [2.24, 2.45) is 0 Å². The number of ether oxygens (including phenoxy) is 1. The van der Waals surface area contributed by atoms with Crippen molar-refractivity contribution < 1.29 is 13.9 Å². The molecule has 0 saturated carbocycles. The van der Waals surface area contributed by atoms with Gasteiger partial charge in [0.05, 0.1) is 24.1 Å². The summed E-state index contributed by atoms with van der Waals surface area (Å²) in [5, 5.41) is 0.697. The van der Waals surface area contributed by atoms with Crippen LogP contribution in [0.3, 0.4) is 0 Å². The zero-order chi connectivity index (χ0) is 19.7. The highest BCUT2D eigenvalue weighted by Gasteiger charge is 2.19. The highest BCUT2D eigenvalue weighted by atomic mass is 32.2.